The van der Waals surface area contributed by atoms with Crippen molar-refractivity contribution < 1.29 is 9.90 Å². The third kappa shape index (κ3) is 4.63. The number of nitrogens with zero attached hydrogens (tertiary/aromatic N) is 2. The molecule has 1 aliphatic heterocycles. The number of nitrogens with one attached hydrogen (secondary N) is 1. The molecule has 24 heavy (non-hydrogen) atoms. The summed E-state index contributed by atoms with van der Waals surface area (Å²) >= 11 is 0. The Morgan fingerprint density at radius 1 is 1.38 bits per heavy atom. The fraction of sp³-hybridized carbons (Fsp3) is 0.632. The van der Waals surface area contributed by atoms with Crippen molar-refractivity contribution in [1.82, 2.24) is 10.2 Å². The number of benzene rings is 1. The summed E-state index contributed by atoms with van der Waals surface area (Å²) in [6.07, 6.45) is 1.77. The van der Waals surface area contributed by atoms with Gasteiger partial charge in [-0.05, 0) is 36.8 Å². The van der Waals surface area contributed by atoms with Crippen LogP contribution in [0, 0.1) is 5.41 Å². The van der Waals surface area contributed by atoms with Gasteiger partial charge < -0.3 is 20.2 Å². The van der Waals surface area contributed by atoms with Crippen LogP contribution >= 0.6 is 0 Å². The molecule has 5 nitrogen and oxygen atoms in total. The summed E-state index contributed by atoms with van der Waals surface area (Å²) in [7, 11) is 2.08. The molecule has 0 radical (unpaired) electrons. The van der Waals surface area contributed by atoms with Crippen LogP contribution < -0.4 is 10.2 Å². The second-order valence-corrected chi connectivity index (χ2v) is 7.64. The van der Waals surface area contributed by atoms with Crippen LogP contribution in [0.1, 0.15) is 39.2 Å². The highest BCUT2D eigenvalue weighted by Gasteiger charge is 2.26. The van der Waals surface area contributed by atoms with E-state index in [0.29, 0.717) is 13.1 Å². The Balaban J connectivity index is 1.94. The monoisotopic (exact) mass is 333 g/mol. The maximum atomic E-state index is 12.6. The Bertz CT molecular complexity index is 559. The van der Waals surface area contributed by atoms with Gasteiger partial charge in [-0.15, -0.1) is 0 Å². The van der Waals surface area contributed by atoms with Gasteiger partial charge >= 0.3 is 6.03 Å². The van der Waals surface area contributed by atoms with Crippen LogP contribution in [0.15, 0.2) is 24.3 Å². The van der Waals surface area contributed by atoms with Gasteiger partial charge in [-0.1, -0.05) is 32.0 Å². The predicted octanol–water partition coefficient (Wildman–Crippen LogP) is 2.84. The number of fused-ring (bicyclic) bond motifs is 1. The second-order valence-electron chi connectivity index (χ2n) is 7.64. The first-order valence-corrected chi connectivity index (χ1v) is 8.78. The van der Waals surface area contributed by atoms with E-state index in [1.807, 2.05) is 30.9 Å². The Kier molecular flexibility index (Phi) is 6.10. The van der Waals surface area contributed by atoms with E-state index in [2.05, 4.69) is 36.3 Å². The molecule has 1 heterocycles. The van der Waals surface area contributed by atoms with Crippen molar-refractivity contribution in [2.45, 2.75) is 46.2 Å². The number of hydrogen-bond donors (Lipinski definition) is 2. The number of carbonyl (C=O) groups is 1. The smallest absolute Gasteiger partial charge is 0.318 e. The lowest BCUT2D eigenvalue weighted by Gasteiger charge is -2.29. The average molecular weight is 333 g/mol. The summed E-state index contributed by atoms with van der Waals surface area (Å²) in [5, 5.41) is 12.3. The van der Waals surface area contributed by atoms with Crippen molar-refractivity contribution in [3.63, 3.8) is 0 Å². The highest BCUT2D eigenvalue weighted by Crippen LogP contribution is 2.26. The van der Waals surface area contributed by atoms with E-state index in [1.54, 1.807) is 0 Å². The molecule has 1 aromatic rings. The van der Waals surface area contributed by atoms with Gasteiger partial charge in [-0.3, -0.25) is 0 Å². The van der Waals surface area contributed by atoms with E-state index in [0.717, 1.165) is 19.4 Å². The minimum atomic E-state index is -0.0811. The third-order valence-corrected chi connectivity index (χ3v) is 4.81. The van der Waals surface area contributed by atoms with E-state index in [4.69, 9.17) is 0 Å². The van der Waals surface area contributed by atoms with E-state index < -0.39 is 0 Å². The van der Waals surface area contributed by atoms with E-state index >= 15 is 0 Å². The minimum absolute atomic E-state index is 0.00518. The van der Waals surface area contributed by atoms with Crippen LogP contribution in [-0.2, 0) is 6.54 Å². The molecular formula is C19H31N3O2. The molecule has 0 spiro atoms. The molecule has 0 aromatic heterocycles. The lowest BCUT2D eigenvalue weighted by molar-refractivity contribution is 0.146. The van der Waals surface area contributed by atoms with Crippen molar-refractivity contribution in [3.8, 4) is 0 Å². The molecule has 2 amide bonds. The number of para-hydroxylation sites is 1. The number of rotatable bonds is 5. The largest absolute Gasteiger partial charge is 0.396 e. The Hall–Kier alpha value is -1.75. The standard InChI is InChI=1S/C19H31N3O2/c1-15-12-21(4)17-9-6-5-8-16(17)13-22(15)18(24)20-11-7-10-19(2,3)14-23/h5-6,8-9,15,23H,7,10-14H2,1-4H3,(H,20,24)/t15-/m1/s1. The topological polar surface area (TPSA) is 55.8 Å². The molecular weight excluding hydrogens is 302 g/mol. The van der Waals surface area contributed by atoms with Crippen molar-refractivity contribution in [2.24, 2.45) is 5.41 Å². The first-order valence-electron chi connectivity index (χ1n) is 8.78. The van der Waals surface area contributed by atoms with Gasteiger partial charge in [0.2, 0.25) is 0 Å². The minimum Gasteiger partial charge on any atom is -0.396 e. The molecule has 5 heteroatoms. The predicted molar refractivity (Wildman–Crippen MR) is 98.2 cm³/mol. The van der Waals surface area contributed by atoms with Crippen LogP contribution in [-0.4, -0.2) is 48.8 Å². The van der Waals surface area contributed by atoms with Crippen molar-refractivity contribution >= 4 is 11.7 Å². The molecule has 1 aromatic carbocycles. The zero-order chi connectivity index (χ0) is 17.7. The van der Waals surface area contributed by atoms with Crippen LogP contribution in [0.4, 0.5) is 10.5 Å². The Morgan fingerprint density at radius 3 is 2.79 bits per heavy atom. The molecule has 134 valence electrons. The molecule has 1 aliphatic rings. The molecule has 0 aliphatic carbocycles. The van der Waals surface area contributed by atoms with Crippen LogP contribution in [0.25, 0.3) is 0 Å². The van der Waals surface area contributed by atoms with Gasteiger partial charge in [-0.2, -0.15) is 0 Å². The molecule has 1 atom stereocenters. The molecule has 2 N–H and O–H groups in total. The van der Waals surface area contributed by atoms with Gasteiger partial charge in [0, 0.05) is 45.0 Å². The summed E-state index contributed by atoms with van der Waals surface area (Å²) in [5.74, 6) is 0. The van der Waals surface area contributed by atoms with E-state index in [9.17, 15) is 9.90 Å². The highest BCUT2D eigenvalue weighted by atomic mass is 16.3. The van der Waals surface area contributed by atoms with Gasteiger partial charge in [0.1, 0.15) is 0 Å². The van der Waals surface area contributed by atoms with Gasteiger partial charge in [0.15, 0.2) is 0 Å². The van der Waals surface area contributed by atoms with Gasteiger partial charge in [0.05, 0.1) is 0 Å². The lowest BCUT2D eigenvalue weighted by atomic mass is 9.89. The maximum absolute atomic E-state index is 12.6. The number of anilines is 1. The highest BCUT2D eigenvalue weighted by molar-refractivity contribution is 5.75. The Labute approximate surface area is 145 Å². The quantitative estimate of drug-likeness (QED) is 0.815. The summed E-state index contributed by atoms with van der Waals surface area (Å²) < 4.78 is 0. The van der Waals surface area contributed by atoms with Crippen molar-refractivity contribution in [2.75, 3.05) is 31.6 Å². The molecule has 0 unspecified atom stereocenters. The van der Waals surface area contributed by atoms with Crippen molar-refractivity contribution in [3.05, 3.63) is 29.8 Å². The van der Waals surface area contributed by atoms with Crippen LogP contribution in [0.2, 0.25) is 0 Å². The fourth-order valence-electron chi connectivity index (χ4n) is 3.16. The Morgan fingerprint density at radius 2 is 2.08 bits per heavy atom. The SMILES string of the molecule is C[C@@H]1CN(C)c2ccccc2CN1C(=O)NCCCC(C)(C)CO. The number of aliphatic hydroxyl groups is 1. The summed E-state index contributed by atoms with van der Waals surface area (Å²) in [5.41, 5.74) is 2.30. The molecule has 0 saturated carbocycles. The van der Waals surface area contributed by atoms with Gasteiger partial charge in [-0.25, -0.2) is 4.79 Å². The second kappa shape index (κ2) is 7.88. The van der Waals surface area contributed by atoms with E-state index in [-0.39, 0.29) is 24.1 Å². The summed E-state index contributed by atoms with van der Waals surface area (Å²) in [6, 6.07) is 8.41. The lowest BCUT2D eigenvalue weighted by Crippen LogP contribution is -2.47. The summed E-state index contributed by atoms with van der Waals surface area (Å²) in [4.78, 5) is 16.8. The number of urea groups is 1. The maximum Gasteiger partial charge on any atom is 0.318 e. The molecule has 0 saturated heterocycles. The zero-order valence-electron chi connectivity index (χ0n) is 15.4. The van der Waals surface area contributed by atoms with Crippen LogP contribution in [0.3, 0.4) is 0 Å². The average Bonchev–Trinajstić information content (AvgIpc) is 2.68. The van der Waals surface area contributed by atoms with Crippen LogP contribution in [0.5, 0.6) is 0 Å². The number of amides is 2. The first kappa shape index (κ1) is 18.6. The number of carbonyl (C=O) groups excluding carboxylic acids is 1. The van der Waals surface area contributed by atoms with E-state index in [1.165, 1.54) is 11.3 Å². The first-order chi connectivity index (χ1) is 11.3. The fourth-order valence-corrected chi connectivity index (χ4v) is 3.16. The zero-order valence-corrected chi connectivity index (χ0v) is 15.4. The molecule has 2 rings (SSSR count). The number of likely N-dealkylation sites (N-methyl/N-ethyl adjacent to an activating group) is 1. The number of hydrogen-bond acceptors (Lipinski definition) is 3. The third-order valence-electron chi connectivity index (χ3n) is 4.81. The molecule has 0 bridgehead atoms. The molecule has 0 fully saturated rings. The summed E-state index contributed by atoms with van der Waals surface area (Å²) in [6.45, 7) is 8.45. The van der Waals surface area contributed by atoms with Gasteiger partial charge in [0.25, 0.3) is 0 Å². The normalized spacial score (nSPS) is 18.1. The van der Waals surface area contributed by atoms with Crippen molar-refractivity contribution in [1.29, 1.82) is 0 Å². The number of aliphatic hydroxyl groups excluding tert-OH is 1.